The largest absolute Gasteiger partial charge is 0.401 e. The molecule has 0 spiro atoms. The molecule has 0 bridgehead atoms. The van der Waals surface area contributed by atoms with E-state index in [2.05, 4.69) is 11.9 Å². The third-order valence-corrected chi connectivity index (χ3v) is 3.19. The molecule has 0 aliphatic carbocycles. The average Bonchev–Trinajstić information content (AvgIpc) is 2.31. The highest BCUT2D eigenvalue weighted by molar-refractivity contribution is 4.87. The zero-order valence-corrected chi connectivity index (χ0v) is 12.2. The quantitative estimate of drug-likeness (QED) is 0.330. The van der Waals surface area contributed by atoms with Gasteiger partial charge in [0.1, 0.15) is 0 Å². The van der Waals surface area contributed by atoms with E-state index < -0.39 is 24.3 Å². The minimum Gasteiger partial charge on any atom is -0.313 e. The number of alkyl halides is 6. The summed E-state index contributed by atoms with van der Waals surface area (Å²) in [6.45, 7) is 5.35. The maximum absolute atomic E-state index is 12.8. The number of nitrogens with one attached hydrogen (secondary N) is 1. The zero-order chi connectivity index (χ0) is 16.5. The van der Waals surface area contributed by atoms with Crippen LogP contribution in [0.5, 0.6) is 0 Å². The van der Waals surface area contributed by atoms with Crippen LogP contribution >= 0.6 is 0 Å². The molecule has 0 heterocycles. The Morgan fingerprint density at radius 1 is 1.00 bits per heavy atom. The molecule has 0 aliphatic heterocycles. The van der Waals surface area contributed by atoms with Gasteiger partial charge in [-0.15, -0.1) is 6.58 Å². The molecule has 0 saturated heterocycles. The van der Waals surface area contributed by atoms with Crippen molar-refractivity contribution in [3.63, 3.8) is 0 Å². The van der Waals surface area contributed by atoms with Crippen LogP contribution in [0.2, 0.25) is 0 Å². The molecule has 126 valence electrons. The lowest BCUT2D eigenvalue weighted by molar-refractivity contribution is -0.292. The molecule has 21 heavy (non-hydrogen) atoms. The Hall–Kier alpha value is -0.720. The second kappa shape index (κ2) is 9.33. The zero-order valence-electron chi connectivity index (χ0n) is 12.2. The van der Waals surface area contributed by atoms with Crippen molar-refractivity contribution in [1.82, 2.24) is 5.32 Å². The predicted octanol–water partition coefficient (Wildman–Crippen LogP) is 5.23. The molecule has 0 aromatic heterocycles. The Bertz CT molecular complexity index is 270. The van der Waals surface area contributed by atoms with Crippen LogP contribution in [0.3, 0.4) is 0 Å². The molecule has 0 rings (SSSR count). The van der Waals surface area contributed by atoms with Gasteiger partial charge in [0.05, 0.1) is 0 Å². The summed E-state index contributed by atoms with van der Waals surface area (Å²) < 4.78 is 76.5. The van der Waals surface area contributed by atoms with Crippen LogP contribution in [0.25, 0.3) is 0 Å². The fraction of sp³-hybridized carbons (Fsp3) is 0.857. The molecule has 0 aliphatic rings. The van der Waals surface area contributed by atoms with Gasteiger partial charge in [0.15, 0.2) is 5.92 Å². The van der Waals surface area contributed by atoms with Gasteiger partial charge >= 0.3 is 12.4 Å². The van der Waals surface area contributed by atoms with Gasteiger partial charge in [-0.25, -0.2) is 0 Å². The van der Waals surface area contributed by atoms with E-state index in [0.29, 0.717) is 19.3 Å². The topological polar surface area (TPSA) is 12.0 Å². The number of hydrogen-bond acceptors (Lipinski definition) is 1. The Balaban J connectivity index is 4.77. The first-order chi connectivity index (χ1) is 9.64. The second-order valence-corrected chi connectivity index (χ2v) is 5.05. The van der Waals surface area contributed by atoms with Crippen molar-refractivity contribution in [2.24, 2.45) is 5.92 Å². The van der Waals surface area contributed by atoms with Gasteiger partial charge in [0, 0.05) is 6.04 Å². The molecule has 0 amide bonds. The standard InChI is InChI=1S/C14H23F6N/c1-3-5-6-7-8-9-11(21-10-4-2)12(13(15,16)17)14(18,19)20/h3,11-12,21H,1,4-10H2,2H3. The van der Waals surface area contributed by atoms with E-state index in [1.54, 1.807) is 13.0 Å². The van der Waals surface area contributed by atoms with Crippen LogP contribution < -0.4 is 5.32 Å². The van der Waals surface area contributed by atoms with Gasteiger partial charge in [-0.1, -0.05) is 25.8 Å². The van der Waals surface area contributed by atoms with E-state index in [1.165, 1.54) is 0 Å². The van der Waals surface area contributed by atoms with Gasteiger partial charge in [-0.3, -0.25) is 0 Å². The van der Waals surface area contributed by atoms with Crippen LogP contribution in [-0.4, -0.2) is 24.9 Å². The van der Waals surface area contributed by atoms with E-state index in [9.17, 15) is 26.3 Å². The summed E-state index contributed by atoms with van der Waals surface area (Å²) in [5.74, 6) is -3.31. The van der Waals surface area contributed by atoms with Crippen molar-refractivity contribution in [2.45, 2.75) is 63.8 Å². The van der Waals surface area contributed by atoms with E-state index >= 15 is 0 Å². The lowest BCUT2D eigenvalue weighted by atomic mass is 9.93. The van der Waals surface area contributed by atoms with Crippen molar-refractivity contribution in [3.05, 3.63) is 12.7 Å². The average molecular weight is 319 g/mol. The van der Waals surface area contributed by atoms with Crippen molar-refractivity contribution < 1.29 is 26.3 Å². The van der Waals surface area contributed by atoms with Crippen molar-refractivity contribution in [3.8, 4) is 0 Å². The summed E-state index contributed by atoms with van der Waals surface area (Å²) in [7, 11) is 0. The molecular formula is C14H23F6N. The van der Waals surface area contributed by atoms with Gasteiger partial charge in [-0.2, -0.15) is 26.3 Å². The normalized spacial score (nSPS) is 14.5. The van der Waals surface area contributed by atoms with Gasteiger partial charge < -0.3 is 5.32 Å². The summed E-state index contributed by atoms with van der Waals surface area (Å²) in [4.78, 5) is 0. The van der Waals surface area contributed by atoms with E-state index in [1.807, 2.05) is 0 Å². The monoisotopic (exact) mass is 319 g/mol. The summed E-state index contributed by atoms with van der Waals surface area (Å²) in [5.41, 5.74) is 0. The number of allylic oxidation sites excluding steroid dienone is 1. The maximum atomic E-state index is 12.8. The molecule has 0 saturated carbocycles. The van der Waals surface area contributed by atoms with Gasteiger partial charge in [0.25, 0.3) is 0 Å². The molecule has 0 radical (unpaired) electrons. The molecule has 0 aromatic carbocycles. The SMILES string of the molecule is C=CCCCCCC(NCCC)C(C(F)(F)F)C(F)(F)F. The van der Waals surface area contributed by atoms with Crippen LogP contribution in [-0.2, 0) is 0 Å². The number of halogens is 6. The molecule has 1 atom stereocenters. The third kappa shape index (κ3) is 8.34. The Morgan fingerprint density at radius 2 is 1.57 bits per heavy atom. The van der Waals surface area contributed by atoms with Crippen molar-refractivity contribution in [2.75, 3.05) is 6.54 Å². The van der Waals surface area contributed by atoms with E-state index in [0.717, 1.165) is 12.8 Å². The van der Waals surface area contributed by atoms with Gasteiger partial charge in [0.2, 0.25) is 0 Å². The molecule has 1 nitrogen and oxygen atoms in total. The minimum atomic E-state index is -5.29. The summed E-state index contributed by atoms with van der Waals surface area (Å²) in [6.07, 6.45) is -6.18. The Morgan fingerprint density at radius 3 is 2.00 bits per heavy atom. The highest BCUT2D eigenvalue weighted by atomic mass is 19.4. The molecule has 0 aromatic rings. The first kappa shape index (κ1) is 20.3. The molecule has 1 unspecified atom stereocenters. The molecule has 7 heteroatoms. The van der Waals surface area contributed by atoms with Crippen LogP contribution in [0.1, 0.15) is 45.4 Å². The fourth-order valence-electron chi connectivity index (χ4n) is 2.19. The first-order valence-corrected chi connectivity index (χ1v) is 7.12. The lowest BCUT2D eigenvalue weighted by Gasteiger charge is -2.31. The molecule has 0 fully saturated rings. The van der Waals surface area contributed by atoms with E-state index in [-0.39, 0.29) is 13.0 Å². The highest BCUT2D eigenvalue weighted by Gasteiger charge is 2.59. The Labute approximate surface area is 121 Å². The van der Waals surface area contributed by atoms with Crippen LogP contribution in [0.15, 0.2) is 12.7 Å². The van der Waals surface area contributed by atoms with Crippen LogP contribution in [0, 0.1) is 5.92 Å². The smallest absolute Gasteiger partial charge is 0.313 e. The summed E-state index contributed by atoms with van der Waals surface area (Å²) in [5, 5.41) is 2.41. The van der Waals surface area contributed by atoms with E-state index in [4.69, 9.17) is 0 Å². The molecule has 1 N–H and O–H groups in total. The lowest BCUT2D eigenvalue weighted by Crippen LogP contribution is -2.51. The highest BCUT2D eigenvalue weighted by Crippen LogP contribution is 2.42. The third-order valence-electron chi connectivity index (χ3n) is 3.19. The molecular weight excluding hydrogens is 296 g/mol. The summed E-state index contributed by atoms with van der Waals surface area (Å²) >= 11 is 0. The number of unbranched alkanes of at least 4 members (excludes halogenated alkanes) is 3. The summed E-state index contributed by atoms with van der Waals surface area (Å²) in [6, 6.07) is -1.62. The van der Waals surface area contributed by atoms with Crippen molar-refractivity contribution >= 4 is 0 Å². The fourth-order valence-corrected chi connectivity index (χ4v) is 2.19. The second-order valence-electron chi connectivity index (χ2n) is 5.05. The Kier molecular flexibility index (Phi) is 9.01. The number of hydrogen-bond donors (Lipinski definition) is 1. The van der Waals surface area contributed by atoms with Gasteiger partial charge in [-0.05, 0) is 32.2 Å². The first-order valence-electron chi connectivity index (χ1n) is 7.12. The van der Waals surface area contributed by atoms with Crippen LogP contribution in [0.4, 0.5) is 26.3 Å². The number of rotatable bonds is 10. The predicted molar refractivity (Wildman–Crippen MR) is 71.0 cm³/mol. The minimum absolute atomic E-state index is 0.138. The van der Waals surface area contributed by atoms with Crippen molar-refractivity contribution in [1.29, 1.82) is 0 Å². The maximum Gasteiger partial charge on any atom is 0.401 e.